The fourth-order valence-electron chi connectivity index (χ4n) is 1.64. The first-order valence-corrected chi connectivity index (χ1v) is 5.57. The summed E-state index contributed by atoms with van der Waals surface area (Å²) in [4.78, 5) is 0. The van der Waals surface area contributed by atoms with Gasteiger partial charge in [0.1, 0.15) is 24.2 Å². The molecule has 0 fully saturated rings. The van der Waals surface area contributed by atoms with Crippen molar-refractivity contribution >= 4 is 0 Å². The smallest absolute Gasteiger partial charge is 0.137 e. The average Bonchev–Trinajstić information content (AvgIpc) is 2.40. The molecule has 0 spiro atoms. The van der Waals surface area contributed by atoms with Crippen LogP contribution in [0.5, 0.6) is 5.75 Å². The first-order valence-electron chi connectivity index (χ1n) is 5.57. The Morgan fingerprint density at radius 1 is 1.22 bits per heavy atom. The standard InChI is InChI=1S/C15H12FNO/c1-11-6-7-14(16)8-13(11)10-18-15-5-3-2-4-12(15)9-17/h2-8H,10H2,1H3. The molecule has 0 aliphatic carbocycles. The molecule has 90 valence electrons. The van der Waals surface area contributed by atoms with E-state index in [1.165, 1.54) is 12.1 Å². The number of halogens is 1. The Morgan fingerprint density at radius 2 is 2.00 bits per heavy atom. The van der Waals surface area contributed by atoms with Gasteiger partial charge >= 0.3 is 0 Å². The zero-order valence-electron chi connectivity index (χ0n) is 9.98. The van der Waals surface area contributed by atoms with Crippen LogP contribution in [0.4, 0.5) is 4.39 Å². The monoisotopic (exact) mass is 241 g/mol. The summed E-state index contributed by atoms with van der Waals surface area (Å²) in [6, 6.07) is 13.6. The zero-order chi connectivity index (χ0) is 13.0. The Kier molecular flexibility index (Phi) is 3.59. The van der Waals surface area contributed by atoms with E-state index in [-0.39, 0.29) is 12.4 Å². The molecule has 2 aromatic carbocycles. The largest absolute Gasteiger partial charge is 0.488 e. The maximum atomic E-state index is 13.1. The minimum atomic E-state index is -0.284. The van der Waals surface area contributed by atoms with E-state index in [1.54, 1.807) is 30.3 Å². The summed E-state index contributed by atoms with van der Waals surface area (Å²) in [6.45, 7) is 2.15. The second-order valence-corrected chi connectivity index (χ2v) is 3.97. The van der Waals surface area contributed by atoms with Gasteiger partial charge < -0.3 is 4.74 Å². The lowest BCUT2D eigenvalue weighted by Crippen LogP contribution is -2.00. The van der Waals surface area contributed by atoms with Gasteiger partial charge in [-0.2, -0.15) is 5.26 Å². The van der Waals surface area contributed by atoms with Crippen LogP contribution >= 0.6 is 0 Å². The quantitative estimate of drug-likeness (QED) is 0.822. The van der Waals surface area contributed by atoms with Gasteiger partial charge in [-0.25, -0.2) is 4.39 Å². The molecule has 0 heterocycles. The maximum absolute atomic E-state index is 13.1. The number of nitriles is 1. The van der Waals surface area contributed by atoms with Gasteiger partial charge in [0.2, 0.25) is 0 Å². The van der Waals surface area contributed by atoms with E-state index in [4.69, 9.17) is 10.00 Å². The van der Waals surface area contributed by atoms with Gasteiger partial charge in [-0.3, -0.25) is 0 Å². The molecule has 0 radical (unpaired) electrons. The Morgan fingerprint density at radius 3 is 2.78 bits per heavy atom. The first kappa shape index (κ1) is 12.1. The van der Waals surface area contributed by atoms with Crippen LogP contribution in [0.3, 0.4) is 0 Å². The molecule has 0 atom stereocenters. The lowest BCUT2D eigenvalue weighted by Gasteiger charge is -2.09. The summed E-state index contributed by atoms with van der Waals surface area (Å²) >= 11 is 0. The van der Waals surface area contributed by atoms with Crippen LogP contribution in [0.15, 0.2) is 42.5 Å². The van der Waals surface area contributed by atoms with Crippen molar-refractivity contribution in [3.8, 4) is 11.8 Å². The van der Waals surface area contributed by atoms with Crippen LogP contribution in [-0.4, -0.2) is 0 Å². The summed E-state index contributed by atoms with van der Waals surface area (Å²) in [5.74, 6) is 0.233. The van der Waals surface area contributed by atoms with Crippen molar-refractivity contribution < 1.29 is 9.13 Å². The predicted molar refractivity (Wildman–Crippen MR) is 66.6 cm³/mol. The Labute approximate surface area is 105 Å². The number of ether oxygens (including phenoxy) is 1. The van der Waals surface area contributed by atoms with Crippen molar-refractivity contribution in [3.63, 3.8) is 0 Å². The van der Waals surface area contributed by atoms with Crippen molar-refractivity contribution in [2.45, 2.75) is 13.5 Å². The second-order valence-electron chi connectivity index (χ2n) is 3.97. The highest BCUT2D eigenvalue weighted by Crippen LogP contribution is 2.19. The predicted octanol–water partition coefficient (Wildman–Crippen LogP) is 3.58. The van der Waals surface area contributed by atoms with Crippen molar-refractivity contribution in [2.75, 3.05) is 0 Å². The van der Waals surface area contributed by atoms with Crippen molar-refractivity contribution in [1.29, 1.82) is 5.26 Å². The highest BCUT2D eigenvalue weighted by molar-refractivity contribution is 5.42. The number of nitrogens with zero attached hydrogens (tertiary/aromatic N) is 1. The van der Waals surface area contributed by atoms with Crippen LogP contribution in [0, 0.1) is 24.1 Å². The average molecular weight is 241 g/mol. The molecule has 0 aromatic heterocycles. The number of rotatable bonds is 3. The molecule has 0 saturated heterocycles. The molecule has 0 aliphatic rings. The van der Waals surface area contributed by atoms with Gasteiger partial charge in [-0.1, -0.05) is 18.2 Å². The van der Waals surface area contributed by atoms with Gasteiger partial charge in [-0.15, -0.1) is 0 Å². The number of hydrogen-bond acceptors (Lipinski definition) is 2. The molecule has 0 N–H and O–H groups in total. The molecule has 0 bridgehead atoms. The molecule has 0 amide bonds. The summed E-state index contributed by atoms with van der Waals surface area (Å²) in [5, 5.41) is 8.92. The van der Waals surface area contributed by atoms with Gasteiger partial charge in [0.25, 0.3) is 0 Å². The highest BCUT2D eigenvalue weighted by Gasteiger charge is 2.04. The van der Waals surface area contributed by atoms with Crippen LogP contribution in [0.1, 0.15) is 16.7 Å². The summed E-state index contributed by atoms with van der Waals surface area (Å²) < 4.78 is 18.7. The van der Waals surface area contributed by atoms with Crippen molar-refractivity contribution in [2.24, 2.45) is 0 Å². The van der Waals surface area contributed by atoms with Crippen LogP contribution < -0.4 is 4.74 Å². The lowest BCUT2D eigenvalue weighted by atomic mass is 10.1. The third kappa shape index (κ3) is 2.67. The van der Waals surface area contributed by atoms with E-state index in [1.807, 2.05) is 6.92 Å². The van der Waals surface area contributed by atoms with Gasteiger partial charge in [0, 0.05) is 0 Å². The topological polar surface area (TPSA) is 33.0 Å². The molecule has 2 rings (SSSR count). The molecule has 3 heteroatoms. The van der Waals surface area contributed by atoms with E-state index < -0.39 is 0 Å². The van der Waals surface area contributed by atoms with Gasteiger partial charge in [0.15, 0.2) is 0 Å². The van der Waals surface area contributed by atoms with E-state index >= 15 is 0 Å². The number of para-hydroxylation sites is 1. The minimum Gasteiger partial charge on any atom is -0.488 e. The fraction of sp³-hybridized carbons (Fsp3) is 0.133. The molecular formula is C15H12FNO. The zero-order valence-corrected chi connectivity index (χ0v) is 9.98. The summed E-state index contributed by atoms with van der Waals surface area (Å²) in [7, 11) is 0. The summed E-state index contributed by atoms with van der Waals surface area (Å²) in [6.07, 6.45) is 0. The molecule has 2 nitrogen and oxygen atoms in total. The van der Waals surface area contributed by atoms with E-state index in [2.05, 4.69) is 6.07 Å². The third-order valence-corrected chi connectivity index (χ3v) is 2.70. The Balaban J connectivity index is 2.17. The van der Waals surface area contributed by atoms with Crippen molar-refractivity contribution in [3.05, 3.63) is 65.0 Å². The van der Waals surface area contributed by atoms with Crippen LogP contribution in [-0.2, 0) is 6.61 Å². The summed E-state index contributed by atoms with van der Waals surface area (Å²) in [5.41, 5.74) is 2.22. The van der Waals surface area contributed by atoms with Crippen molar-refractivity contribution in [1.82, 2.24) is 0 Å². The van der Waals surface area contributed by atoms with Crippen LogP contribution in [0.2, 0.25) is 0 Å². The Bertz CT molecular complexity index is 602. The Hall–Kier alpha value is -2.34. The number of aryl methyl sites for hydroxylation is 1. The third-order valence-electron chi connectivity index (χ3n) is 2.70. The molecule has 0 unspecified atom stereocenters. The molecule has 2 aromatic rings. The SMILES string of the molecule is Cc1ccc(F)cc1COc1ccccc1C#N. The number of benzene rings is 2. The van der Waals surface area contributed by atoms with E-state index in [9.17, 15) is 4.39 Å². The molecule has 0 saturated carbocycles. The first-order chi connectivity index (χ1) is 8.70. The molecule has 0 aliphatic heterocycles. The molecule has 18 heavy (non-hydrogen) atoms. The second kappa shape index (κ2) is 5.33. The van der Waals surface area contributed by atoms with E-state index in [0.717, 1.165) is 11.1 Å². The van der Waals surface area contributed by atoms with Gasteiger partial charge in [-0.05, 0) is 42.3 Å². The number of hydrogen-bond donors (Lipinski definition) is 0. The van der Waals surface area contributed by atoms with E-state index in [0.29, 0.717) is 11.3 Å². The maximum Gasteiger partial charge on any atom is 0.137 e. The fourth-order valence-corrected chi connectivity index (χ4v) is 1.64. The van der Waals surface area contributed by atoms with Crippen LogP contribution in [0.25, 0.3) is 0 Å². The normalized spacial score (nSPS) is 9.83. The molecular weight excluding hydrogens is 229 g/mol. The highest BCUT2D eigenvalue weighted by atomic mass is 19.1. The van der Waals surface area contributed by atoms with Gasteiger partial charge in [0.05, 0.1) is 5.56 Å². The minimum absolute atomic E-state index is 0.252. The lowest BCUT2D eigenvalue weighted by molar-refractivity contribution is 0.304.